The summed E-state index contributed by atoms with van der Waals surface area (Å²) in [4.78, 5) is 39.0. The van der Waals surface area contributed by atoms with E-state index in [1.54, 1.807) is 18.2 Å². The summed E-state index contributed by atoms with van der Waals surface area (Å²) >= 11 is 0. The van der Waals surface area contributed by atoms with Crippen molar-refractivity contribution in [3.05, 3.63) is 71.8 Å². The maximum Gasteiger partial charge on any atom is 0.323 e. The highest BCUT2D eigenvalue weighted by Crippen LogP contribution is 2.31. The van der Waals surface area contributed by atoms with Crippen molar-refractivity contribution in [3.63, 3.8) is 0 Å². The number of hydrogen-bond acceptors (Lipinski definition) is 3. The van der Waals surface area contributed by atoms with Crippen LogP contribution in [0.2, 0.25) is 0 Å². The van der Waals surface area contributed by atoms with E-state index in [9.17, 15) is 14.4 Å². The minimum atomic E-state index is -0.619. The van der Waals surface area contributed by atoms with Crippen LogP contribution in [0.1, 0.15) is 41.5 Å². The Morgan fingerprint density at radius 3 is 2.28 bits per heavy atom. The van der Waals surface area contributed by atoms with Crippen molar-refractivity contribution in [1.82, 2.24) is 4.90 Å². The van der Waals surface area contributed by atoms with Crippen molar-refractivity contribution in [1.29, 1.82) is 0 Å². The first kappa shape index (κ1) is 18.7. The molecule has 0 aromatic heterocycles. The first-order chi connectivity index (χ1) is 13.8. The zero-order chi connectivity index (χ0) is 20.8. The van der Waals surface area contributed by atoms with Crippen molar-refractivity contribution in [2.24, 2.45) is 0 Å². The summed E-state index contributed by atoms with van der Waals surface area (Å²) in [6.45, 7) is 5.43. The van der Waals surface area contributed by atoms with Crippen molar-refractivity contribution < 1.29 is 14.4 Å². The number of anilines is 2. The second kappa shape index (κ2) is 6.74. The summed E-state index contributed by atoms with van der Waals surface area (Å²) in [7, 11) is 0. The molecule has 0 fully saturated rings. The van der Waals surface area contributed by atoms with Crippen molar-refractivity contribution in [2.75, 3.05) is 10.6 Å². The number of benzene rings is 3. The Kier molecular flexibility index (Phi) is 4.34. The van der Waals surface area contributed by atoms with Gasteiger partial charge in [0.15, 0.2) is 0 Å². The number of amides is 4. The monoisotopic (exact) mass is 387 g/mol. The van der Waals surface area contributed by atoms with Crippen LogP contribution in [-0.2, 0) is 0 Å². The molecule has 146 valence electrons. The predicted molar refractivity (Wildman–Crippen MR) is 113 cm³/mol. The van der Waals surface area contributed by atoms with Crippen molar-refractivity contribution in [2.45, 2.75) is 26.3 Å². The molecule has 0 atom stereocenters. The lowest BCUT2D eigenvalue weighted by molar-refractivity contribution is 0.0507. The minimum absolute atomic E-state index is 0.299. The smallest absolute Gasteiger partial charge is 0.308 e. The molecule has 1 aliphatic rings. The third-order valence-corrected chi connectivity index (χ3v) is 4.85. The topological polar surface area (TPSA) is 78.5 Å². The number of hydrogen-bond donors (Lipinski definition) is 2. The molecule has 0 bridgehead atoms. The van der Waals surface area contributed by atoms with Gasteiger partial charge in [0.25, 0.3) is 11.8 Å². The molecule has 29 heavy (non-hydrogen) atoms. The summed E-state index contributed by atoms with van der Waals surface area (Å²) < 4.78 is 0. The molecule has 3 aromatic rings. The van der Waals surface area contributed by atoms with Crippen LogP contribution in [0, 0.1) is 0 Å². The van der Waals surface area contributed by atoms with Gasteiger partial charge in [0.05, 0.1) is 16.8 Å². The number of nitrogens with zero attached hydrogens (tertiary/aromatic N) is 1. The maximum atomic E-state index is 12.7. The van der Waals surface area contributed by atoms with Gasteiger partial charge in [0, 0.05) is 16.6 Å². The Morgan fingerprint density at radius 1 is 0.828 bits per heavy atom. The molecule has 0 spiro atoms. The quantitative estimate of drug-likeness (QED) is 0.615. The van der Waals surface area contributed by atoms with Gasteiger partial charge >= 0.3 is 6.03 Å². The molecule has 3 aromatic carbocycles. The van der Waals surface area contributed by atoms with E-state index in [0.717, 1.165) is 10.8 Å². The Balaban J connectivity index is 1.56. The largest absolute Gasteiger partial charge is 0.323 e. The van der Waals surface area contributed by atoms with Gasteiger partial charge in [0.1, 0.15) is 0 Å². The Labute approximate surface area is 168 Å². The SMILES string of the molecule is CC(C)(C)N1C(=O)c2ccc(NC(=O)Nc3cccc4ccccc34)cc2C1=O. The van der Waals surface area contributed by atoms with Gasteiger partial charge in [-0.25, -0.2) is 4.79 Å². The van der Waals surface area contributed by atoms with E-state index in [2.05, 4.69) is 10.6 Å². The van der Waals surface area contributed by atoms with Crippen LogP contribution in [-0.4, -0.2) is 28.3 Å². The molecular weight excluding hydrogens is 366 g/mol. The van der Waals surface area contributed by atoms with Gasteiger partial charge in [-0.3, -0.25) is 14.5 Å². The Hall–Kier alpha value is -3.67. The highest BCUT2D eigenvalue weighted by Gasteiger charge is 2.41. The molecule has 0 aliphatic carbocycles. The standard InChI is InChI=1S/C23H21N3O3/c1-23(2,3)26-20(27)17-12-11-15(13-18(17)21(26)28)24-22(29)25-19-10-6-8-14-7-4-5-9-16(14)19/h4-13H,1-3H3,(H2,24,25,29). The van der Waals surface area contributed by atoms with Crippen molar-refractivity contribution >= 4 is 40.0 Å². The number of carbonyl (C=O) groups is 3. The number of rotatable bonds is 2. The Morgan fingerprint density at radius 2 is 1.52 bits per heavy atom. The first-order valence-corrected chi connectivity index (χ1v) is 9.34. The van der Waals surface area contributed by atoms with Crippen LogP contribution >= 0.6 is 0 Å². The minimum Gasteiger partial charge on any atom is -0.308 e. The highest BCUT2D eigenvalue weighted by atomic mass is 16.2. The van der Waals surface area contributed by atoms with E-state index in [-0.39, 0.29) is 11.8 Å². The zero-order valence-electron chi connectivity index (χ0n) is 16.4. The normalized spacial score (nSPS) is 13.6. The number of carbonyl (C=O) groups excluding carboxylic acids is 3. The average molecular weight is 387 g/mol. The van der Waals surface area contributed by atoms with Gasteiger partial charge < -0.3 is 10.6 Å². The molecule has 6 heteroatoms. The summed E-state index contributed by atoms with van der Waals surface area (Å²) in [6, 6.07) is 17.8. The summed E-state index contributed by atoms with van der Waals surface area (Å²) in [6.07, 6.45) is 0. The third kappa shape index (κ3) is 3.33. The molecule has 4 rings (SSSR count). The molecule has 0 unspecified atom stereocenters. The predicted octanol–water partition coefficient (Wildman–Crippen LogP) is 4.88. The lowest BCUT2D eigenvalue weighted by Crippen LogP contribution is -2.45. The van der Waals surface area contributed by atoms with Crippen LogP contribution in [0.15, 0.2) is 60.7 Å². The van der Waals surface area contributed by atoms with E-state index < -0.39 is 11.6 Å². The molecule has 2 N–H and O–H groups in total. The molecule has 4 amide bonds. The molecule has 0 saturated heterocycles. The van der Waals surface area contributed by atoms with E-state index >= 15 is 0 Å². The zero-order valence-corrected chi connectivity index (χ0v) is 16.4. The van der Waals surface area contributed by atoms with Crippen LogP contribution < -0.4 is 10.6 Å². The van der Waals surface area contributed by atoms with E-state index in [4.69, 9.17) is 0 Å². The molecule has 0 radical (unpaired) electrons. The number of imide groups is 1. The molecule has 1 aliphatic heterocycles. The highest BCUT2D eigenvalue weighted by molar-refractivity contribution is 6.22. The van der Waals surface area contributed by atoms with E-state index in [1.165, 1.54) is 4.90 Å². The Bertz CT molecular complexity index is 1160. The fourth-order valence-electron chi connectivity index (χ4n) is 3.55. The second-order valence-corrected chi connectivity index (χ2v) is 7.98. The van der Waals surface area contributed by atoms with Crippen molar-refractivity contribution in [3.8, 4) is 0 Å². The van der Waals surface area contributed by atoms with Gasteiger partial charge in [-0.15, -0.1) is 0 Å². The molecule has 6 nitrogen and oxygen atoms in total. The van der Waals surface area contributed by atoms with Crippen LogP contribution in [0.25, 0.3) is 10.8 Å². The second-order valence-electron chi connectivity index (χ2n) is 7.98. The number of nitrogens with one attached hydrogen (secondary N) is 2. The summed E-state index contributed by atoms with van der Waals surface area (Å²) in [5, 5.41) is 7.54. The maximum absolute atomic E-state index is 12.7. The van der Waals surface area contributed by atoms with Gasteiger partial charge in [-0.1, -0.05) is 36.4 Å². The lowest BCUT2D eigenvalue weighted by Gasteiger charge is -2.29. The third-order valence-electron chi connectivity index (χ3n) is 4.85. The number of urea groups is 1. The van der Waals surface area contributed by atoms with Crippen LogP contribution in [0.5, 0.6) is 0 Å². The van der Waals surface area contributed by atoms with Gasteiger partial charge in [0.2, 0.25) is 0 Å². The fraction of sp³-hybridized carbons (Fsp3) is 0.174. The molecule has 0 saturated carbocycles. The fourth-order valence-corrected chi connectivity index (χ4v) is 3.55. The van der Waals surface area contributed by atoms with Gasteiger partial charge in [-0.2, -0.15) is 0 Å². The van der Waals surface area contributed by atoms with Gasteiger partial charge in [-0.05, 0) is 50.4 Å². The molecule has 1 heterocycles. The summed E-state index contributed by atoms with van der Waals surface area (Å²) in [5.74, 6) is -0.667. The van der Waals surface area contributed by atoms with Crippen LogP contribution in [0.3, 0.4) is 0 Å². The van der Waals surface area contributed by atoms with Crippen LogP contribution in [0.4, 0.5) is 16.2 Å². The number of fused-ring (bicyclic) bond motifs is 2. The van der Waals surface area contributed by atoms with E-state index in [0.29, 0.717) is 22.5 Å². The first-order valence-electron chi connectivity index (χ1n) is 9.34. The lowest BCUT2D eigenvalue weighted by atomic mass is 10.1. The summed E-state index contributed by atoms with van der Waals surface area (Å²) in [5.41, 5.74) is 1.16. The average Bonchev–Trinajstić information content (AvgIpc) is 2.92. The van der Waals surface area contributed by atoms with E-state index in [1.807, 2.05) is 63.2 Å². The molecular formula is C23H21N3O3.